The SMILES string of the molecule is O=C(N[C@@H](CS)C(=O)O)C(CO)CS. The molecule has 0 spiro atoms. The summed E-state index contributed by atoms with van der Waals surface area (Å²) in [5, 5.41) is 19.6. The number of rotatable bonds is 6. The van der Waals surface area contributed by atoms with Gasteiger partial charge in [-0.15, -0.1) is 0 Å². The van der Waals surface area contributed by atoms with E-state index >= 15 is 0 Å². The predicted molar refractivity (Wildman–Crippen MR) is 57.8 cm³/mol. The molecule has 0 aliphatic heterocycles. The molecule has 14 heavy (non-hydrogen) atoms. The molecule has 0 radical (unpaired) electrons. The summed E-state index contributed by atoms with van der Waals surface area (Å²) < 4.78 is 0. The number of thiol groups is 2. The highest BCUT2D eigenvalue weighted by molar-refractivity contribution is 7.80. The Bertz CT molecular complexity index is 208. The molecule has 0 rings (SSSR count). The Hall–Kier alpha value is -0.400. The molecule has 1 unspecified atom stereocenters. The quantitative estimate of drug-likeness (QED) is 0.386. The number of carboxylic acids is 1. The molecule has 0 aliphatic rings. The van der Waals surface area contributed by atoms with E-state index in [0.29, 0.717) is 0 Å². The molecule has 0 aromatic carbocycles. The van der Waals surface area contributed by atoms with Crippen LogP contribution in [0.3, 0.4) is 0 Å². The number of carbonyl (C=O) groups excluding carboxylic acids is 1. The van der Waals surface area contributed by atoms with E-state index in [2.05, 4.69) is 30.6 Å². The first kappa shape index (κ1) is 13.6. The minimum atomic E-state index is -1.15. The molecule has 0 aromatic heterocycles. The van der Waals surface area contributed by atoms with Crippen molar-refractivity contribution in [1.29, 1.82) is 0 Å². The maximum absolute atomic E-state index is 11.3. The molecular weight excluding hydrogens is 226 g/mol. The van der Waals surface area contributed by atoms with E-state index in [1.165, 1.54) is 0 Å². The lowest BCUT2D eigenvalue weighted by atomic mass is 10.1. The minimum absolute atomic E-state index is 0.00575. The highest BCUT2D eigenvalue weighted by Gasteiger charge is 2.22. The number of carbonyl (C=O) groups is 2. The van der Waals surface area contributed by atoms with Gasteiger partial charge in [-0.1, -0.05) is 0 Å². The molecule has 0 fully saturated rings. The van der Waals surface area contributed by atoms with Gasteiger partial charge in [0.25, 0.3) is 0 Å². The van der Waals surface area contributed by atoms with Gasteiger partial charge < -0.3 is 15.5 Å². The topological polar surface area (TPSA) is 86.6 Å². The maximum Gasteiger partial charge on any atom is 0.327 e. The van der Waals surface area contributed by atoms with Crippen LogP contribution in [0.5, 0.6) is 0 Å². The summed E-state index contributed by atoms with van der Waals surface area (Å²) in [5.74, 6) is -2.18. The first-order valence-electron chi connectivity index (χ1n) is 3.92. The molecule has 3 N–H and O–H groups in total. The Morgan fingerprint density at radius 2 is 1.86 bits per heavy atom. The van der Waals surface area contributed by atoms with Crippen molar-refractivity contribution < 1.29 is 19.8 Å². The molecular formula is C7H13NO4S2. The molecule has 2 atom stereocenters. The second kappa shape index (κ2) is 6.97. The zero-order chi connectivity index (χ0) is 11.1. The lowest BCUT2D eigenvalue weighted by molar-refractivity contribution is -0.141. The van der Waals surface area contributed by atoms with Crippen molar-refractivity contribution >= 4 is 37.1 Å². The van der Waals surface area contributed by atoms with Gasteiger partial charge in [0.05, 0.1) is 12.5 Å². The molecule has 7 heteroatoms. The second-order valence-corrected chi connectivity index (χ2v) is 3.37. The third kappa shape index (κ3) is 4.21. The van der Waals surface area contributed by atoms with E-state index in [4.69, 9.17) is 10.2 Å². The summed E-state index contributed by atoms with van der Waals surface area (Å²) in [6.45, 7) is -0.353. The van der Waals surface area contributed by atoms with Gasteiger partial charge in [0, 0.05) is 11.5 Å². The van der Waals surface area contributed by atoms with E-state index in [1.54, 1.807) is 0 Å². The van der Waals surface area contributed by atoms with Gasteiger partial charge in [-0.05, 0) is 0 Å². The predicted octanol–water partition coefficient (Wildman–Crippen LogP) is -0.976. The van der Waals surface area contributed by atoms with Gasteiger partial charge in [0.2, 0.25) is 5.91 Å². The van der Waals surface area contributed by atoms with Crippen molar-refractivity contribution in [2.24, 2.45) is 5.92 Å². The first-order chi connectivity index (χ1) is 6.56. The van der Waals surface area contributed by atoms with E-state index < -0.39 is 23.8 Å². The summed E-state index contributed by atoms with van der Waals surface area (Å²) in [7, 11) is 0. The molecule has 82 valence electrons. The van der Waals surface area contributed by atoms with Crippen LogP contribution in [0.25, 0.3) is 0 Å². The third-order valence-electron chi connectivity index (χ3n) is 1.61. The van der Waals surface area contributed by atoms with E-state index in [1.807, 2.05) is 0 Å². The maximum atomic E-state index is 11.3. The number of aliphatic carboxylic acids is 1. The number of amides is 1. The number of nitrogens with one attached hydrogen (secondary N) is 1. The monoisotopic (exact) mass is 239 g/mol. The molecule has 0 bridgehead atoms. The Balaban J connectivity index is 4.20. The molecule has 0 heterocycles. The van der Waals surface area contributed by atoms with Crippen LogP contribution in [0, 0.1) is 5.92 Å². The highest BCUT2D eigenvalue weighted by atomic mass is 32.1. The van der Waals surface area contributed by atoms with Crippen LogP contribution >= 0.6 is 25.3 Å². The molecule has 0 aromatic rings. The zero-order valence-corrected chi connectivity index (χ0v) is 9.17. The fourth-order valence-electron chi connectivity index (χ4n) is 0.699. The lowest BCUT2D eigenvalue weighted by Gasteiger charge is -2.15. The highest BCUT2D eigenvalue weighted by Crippen LogP contribution is 1.99. The first-order valence-corrected chi connectivity index (χ1v) is 5.19. The number of aliphatic hydroxyl groups is 1. The average molecular weight is 239 g/mol. The van der Waals surface area contributed by atoms with Crippen LogP contribution in [0.2, 0.25) is 0 Å². The van der Waals surface area contributed by atoms with Crippen LogP contribution in [-0.4, -0.2) is 46.2 Å². The van der Waals surface area contributed by atoms with Gasteiger partial charge in [-0.25, -0.2) is 4.79 Å². The molecule has 0 saturated heterocycles. The van der Waals surface area contributed by atoms with Gasteiger partial charge in [-0.3, -0.25) is 4.79 Å². The fourth-order valence-corrected chi connectivity index (χ4v) is 1.23. The summed E-state index contributed by atoms with van der Waals surface area (Å²) >= 11 is 7.63. The Labute approximate surface area is 92.7 Å². The third-order valence-corrected chi connectivity index (χ3v) is 2.41. The minimum Gasteiger partial charge on any atom is -0.480 e. The van der Waals surface area contributed by atoms with Gasteiger partial charge in [-0.2, -0.15) is 25.3 Å². The molecule has 1 amide bonds. The van der Waals surface area contributed by atoms with Crippen LogP contribution in [-0.2, 0) is 9.59 Å². The van der Waals surface area contributed by atoms with Crippen molar-refractivity contribution in [3.8, 4) is 0 Å². The summed E-state index contributed by atoms with van der Waals surface area (Å²) in [6, 6.07) is -1.03. The second-order valence-electron chi connectivity index (χ2n) is 2.64. The lowest BCUT2D eigenvalue weighted by Crippen LogP contribution is -2.46. The summed E-state index contributed by atoms with van der Waals surface area (Å²) in [5.41, 5.74) is 0. The van der Waals surface area contributed by atoms with Gasteiger partial charge in [0.15, 0.2) is 0 Å². The fraction of sp³-hybridized carbons (Fsp3) is 0.714. The van der Waals surface area contributed by atoms with E-state index in [-0.39, 0.29) is 18.1 Å². The Morgan fingerprint density at radius 1 is 1.29 bits per heavy atom. The van der Waals surface area contributed by atoms with Crippen molar-refractivity contribution in [3.63, 3.8) is 0 Å². The van der Waals surface area contributed by atoms with E-state index in [0.717, 1.165) is 0 Å². The summed E-state index contributed by atoms with van der Waals surface area (Å²) in [4.78, 5) is 21.8. The summed E-state index contributed by atoms with van der Waals surface area (Å²) in [6.07, 6.45) is 0. The zero-order valence-electron chi connectivity index (χ0n) is 7.38. The van der Waals surface area contributed by atoms with Crippen molar-refractivity contribution in [1.82, 2.24) is 5.32 Å². The number of hydrogen-bond acceptors (Lipinski definition) is 5. The Kier molecular flexibility index (Phi) is 6.77. The molecule has 0 saturated carbocycles. The smallest absolute Gasteiger partial charge is 0.327 e. The van der Waals surface area contributed by atoms with Crippen LogP contribution in [0.4, 0.5) is 0 Å². The number of carboxylic acid groups (broad SMARTS) is 1. The van der Waals surface area contributed by atoms with Crippen LogP contribution in [0.15, 0.2) is 0 Å². The molecule has 5 nitrogen and oxygen atoms in total. The van der Waals surface area contributed by atoms with Crippen molar-refractivity contribution in [2.75, 3.05) is 18.1 Å². The van der Waals surface area contributed by atoms with Gasteiger partial charge in [0.1, 0.15) is 6.04 Å². The van der Waals surface area contributed by atoms with E-state index in [9.17, 15) is 9.59 Å². The number of hydrogen-bond donors (Lipinski definition) is 5. The average Bonchev–Trinajstić information content (AvgIpc) is 2.15. The largest absolute Gasteiger partial charge is 0.480 e. The Morgan fingerprint density at radius 3 is 2.14 bits per heavy atom. The molecule has 0 aliphatic carbocycles. The van der Waals surface area contributed by atoms with Crippen molar-refractivity contribution in [3.05, 3.63) is 0 Å². The normalized spacial score (nSPS) is 14.5. The number of aliphatic hydroxyl groups excluding tert-OH is 1. The standard InChI is InChI=1S/C7H13NO4S2/c9-1-4(2-13)6(10)8-5(3-14)7(11)12/h4-5,9,13-14H,1-3H2,(H,8,10)(H,11,12)/t4?,5-/m0/s1. The van der Waals surface area contributed by atoms with Crippen LogP contribution in [0.1, 0.15) is 0 Å². The van der Waals surface area contributed by atoms with Crippen molar-refractivity contribution in [2.45, 2.75) is 6.04 Å². The van der Waals surface area contributed by atoms with Gasteiger partial charge >= 0.3 is 5.97 Å². The van der Waals surface area contributed by atoms with Crippen LogP contribution < -0.4 is 5.32 Å².